The van der Waals surface area contributed by atoms with Crippen molar-refractivity contribution in [2.45, 2.75) is 38.8 Å². The number of aliphatic hydroxyl groups is 1. The molecule has 0 aromatic carbocycles. The predicted molar refractivity (Wildman–Crippen MR) is 55.0 cm³/mol. The zero-order chi connectivity index (χ0) is 11.4. The number of aliphatic hydroxyl groups excluding tert-OH is 1. The Kier molecular flexibility index (Phi) is 5.08. The van der Waals surface area contributed by atoms with Gasteiger partial charge in [0.25, 0.3) is 0 Å². The van der Waals surface area contributed by atoms with E-state index in [2.05, 4.69) is 4.74 Å². The van der Waals surface area contributed by atoms with E-state index in [4.69, 9.17) is 5.11 Å². The monoisotopic (exact) mass is 203 g/mol. The number of hydrogen-bond acceptors (Lipinski definition) is 4. The number of nitrogens with zero attached hydrogens (tertiary/aromatic N) is 1. The van der Waals surface area contributed by atoms with Crippen molar-refractivity contribution in [3.63, 3.8) is 0 Å². The molecule has 0 aliphatic rings. The predicted octanol–water partition coefficient (Wildman–Crippen LogP) is 0.641. The van der Waals surface area contributed by atoms with Gasteiger partial charge in [0.1, 0.15) is 0 Å². The van der Waals surface area contributed by atoms with Gasteiger partial charge in [0.2, 0.25) is 0 Å². The molecule has 0 amide bonds. The molecule has 0 heterocycles. The minimum atomic E-state index is -0.312. The van der Waals surface area contributed by atoms with Crippen LogP contribution >= 0.6 is 0 Å². The van der Waals surface area contributed by atoms with Gasteiger partial charge in [-0.1, -0.05) is 0 Å². The number of carbonyl (C=O) groups is 1. The number of hydrogen-bond donors (Lipinski definition) is 1. The van der Waals surface area contributed by atoms with Gasteiger partial charge >= 0.3 is 5.97 Å². The number of ether oxygens (including phenoxy) is 1. The van der Waals surface area contributed by atoms with Crippen molar-refractivity contribution in [2.75, 3.05) is 20.8 Å². The van der Waals surface area contributed by atoms with Gasteiger partial charge in [0, 0.05) is 11.6 Å². The van der Waals surface area contributed by atoms with Gasteiger partial charge in [0.15, 0.2) is 0 Å². The van der Waals surface area contributed by atoms with Crippen LogP contribution in [0.15, 0.2) is 0 Å². The molecule has 1 atom stereocenters. The van der Waals surface area contributed by atoms with E-state index in [0.717, 1.165) is 0 Å². The van der Waals surface area contributed by atoms with Crippen molar-refractivity contribution in [1.29, 1.82) is 0 Å². The summed E-state index contributed by atoms with van der Waals surface area (Å²) in [7, 11) is 3.27. The van der Waals surface area contributed by atoms with E-state index in [1.54, 1.807) is 0 Å². The second-order valence-corrected chi connectivity index (χ2v) is 4.21. The van der Waals surface area contributed by atoms with Gasteiger partial charge in [-0.05, 0) is 27.8 Å². The third-order valence-corrected chi connectivity index (χ3v) is 2.69. The minimum absolute atomic E-state index is 0.0598. The first-order valence-corrected chi connectivity index (χ1v) is 4.75. The Balaban J connectivity index is 4.24. The summed E-state index contributed by atoms with van der Waals surface area (Å²) < 4.78 is 4.59. The molecule has 0 radical (unpaired) electrons. The van der Waals surface area contributed by atoms with Gasteiger partial charge in [0.05, 0.1) is 20.1 Å². The lowest BCUT2D eigenvalue weighted by atomic mass is 10.0. The molecule has 14 heavy (non-hydrogen) atoms. The summed E-state index contributed by atoms with van der Waals surface area (Å²) >= 11 is 0. The van der Waals surface area contributed by atoms with Crippen molar-refractivity contribution in [3.8, 4) is 0 Å². The molecular weight excluding hydrogens is 182 g/mol. The molecule has 0 aliphatic heterocycles. The van der Waals surface area contributed by atoms with Crippen LogP contribution in [0, 0.1) is 0 Å². The molecule has 0 spiro atoms. The van der Waals surface area contributed by atoms with Crippen molar-refractivity contribution in [2.24, 2.45) is 0 Å². The Hall–Kier alpha value is -0.610. The van der Waals surface area contributed by atoms with Crippen LogP contribution in [0.2, 0.25) is 0 Å². The molecule has 4 heteroatoms. The van der Waals surface area contributed by atoms with E-state index >= 15 is 0 Å². The second-order valence-electron chi connectivity index (χ2n) is 4.21. The van der Waals surface area contributed by atoms with E-state index < -0.39 is 0 Å². The molecule has 4 nitrogen and oxygen atoms in total. The summed E-state index contributed by atoms with van der Waals surface area (Å²) in [6.07, 6.45) is 0.344. The maximum atomic E-state index is 11.0. The normalized spacial score (nSPS) is 14.2. The highest BCUT2D eigenvalue weighted by Crippen LogP contribution is 2.16. The maximum Gasteiger partial charge on any atom is 0.307 e. The summed E-state index contributed by atoms with van der Waals surface area (Å²) in [6.45, 7) is 5.87. The summed E-state index contributed by atoms with van der Waals surface area (Å²) in [5.74, 6) is -0.224. The Morgan fingerprint density at radius 1 is 1.57 bits per heavy atom. The molecule has 0 aromatic rings. The Morgan fingerprint density at radius 2 is 2.07 bits per heavy atom. The summed E-state index contributed by atoms with van der Waals surface area (Å²) in [6, 6.07) is 0.0598. The zero-order valence-electron chi connectivity index (χ0n) is 9.70. The smallest absolute Gasteiger partial charge is 0.307 e. The first kappa shape index (κ1) is 13.4. The molecule has 0 aliphatic carbocycles. The van der Waals surface area contributed by atoms with E-state index in [1.165, 1.54) is 7.11 Å². The quantitative estimate of drug-likeness (QED) is 0.666. The van der Waals surface area contributed by atoms with Crippen LogP contribution in [0.25, 0.3) is 0 Å². The fourth-order valence-corrected chi connectivity index (χ4v) is 1.17. The van der Waals surface area contributed by atoms with Crippen molar-refractivity contribution in [1.82, 2.24) is 4.90 Å². The third kappa shape index (κ3) is 3.64. The molecule has 0 aromatic heterocycles. The van der Waals surface area contributed by atoms with E-state index in [1.807, 2.05) is 32.7 Å². The highest BCUT2D eigenvalue weighted by molar-refractivity contribution is 5.69. The molecule has 0 saturated heterocycles. The Bertz CT molecular complexity index is 192. The Morgan fingerprint density at radius 3 is 2.43 bits per heavy atom. The zero-order valence-corrected chi connectivity index (χ0v) is 9.70. The standard InChI is InChI=1S/C10H21NO3/c1-8(6-9(13)14-5)11(4)10(2,3)7-12/h8,12H,6-7H2,1-5H3. The largest absolute Gasteiger partial charge is 0.469 e. The summed E-state index contributed by atoms with van der Waals surface area (Å²) in [4.78, 5) is 13.0. The van der Waals surface area contributed by atoms with Crippen molar-refractivity contribution >= 4 is 5.97 Å². The lowest BCUT2D eigenvalue weighted by Crippen LogP contribution is -2.49. The van der Waals surface area contributed by atoms with Crippen LogP contribution in [0.3, 0.4) is 0 Å². The van der Waals surface area contributed by atoms with Crippen LogP contribution < -0.4 is 0 Å². The van der Waals surface area contributed by atoms with Crippen LogP contribution in [-0.2, 0) is 9.53 Å². The molecule has 1 N–H and O–H groups in total. The molecule has 0 fully saturated rings. The van der Waals surface area contributed by atoms with Gasteiger partial charge in [-0.25, -0.2) is 0 Å². The minimum Gasteiger partial charge on any atom is -0.469 e. The van der Waals surface area contributed by atoms with Gasteiger partial charge in [-0.15, -0.1) is 0 Å². The topological polar surface area (TPSA) is 49.8 Å². The molecule has 0 bridgehead atoms. The number of rotatable bonds is 5. The highest BCUT2D eigenvalue weighted by Gasteiger charge is 2.27. The lowest BCUT2D eigenvalue weighted by molar-refractivity contribution is -0.142. The van der Waals surface area contributed by atoms with E-state index in [0.29, 0.717) is 6.42 Å². The Labute approximate surface area is 85.9 Å². The van der Waals surface area contributed by atoms with E-state index in [9.17, 15) is 4.79 Å². The average Bonchev–Trinajstić information content (AvgIpc) is 2.16. The van der Waals surface area contributed by atoms with Crippen molar-refractivity contribution < 1.29 is 14.6 Å². The first-order valence-electron chi connectivity index (χ1n) is 4.75. The van der Waals surface area contributed by atoms with Crippen LogP contribution in [-0.4, -0.2) is 48.3 Å². The molecule has 0 rings (SSSR count). The number of esters is 1. The fraction of sp³-hybridized carbons (Fsp3) is 0.900. The van der Waals surface area contributed by atoms with Gasteiger partial charge in [-0.3, -0.25) is 9.69 Å². The molecule has 1 unspecified atom stereocenters. The van der Waals surface area contributed by atoms with Gasteiger partial charge < -0.3 is 9.84 Å². The fourth-order valence-electron chi connectivity index (χ4n) is 1.17. The first-order chi connectivity index (χ1) is 6.35. The number of methoxy groups -OCH3 is 1. The molecular formula is C10H21NO3. The van der Waals surface area contributed by atoms with Crippen LogP contribution in [0.5, 0.6) is 0 Å². The second kappa shape index (κ2) is 5.32. The lowest BCUT2D eigenvalue weighted by Gasteiger charge is -2.38. The van der Waals surface area contributed by atoms with Gasteiger partial charge in [-0.2, -0.15) is 0 Å². The van der Waals surface area contributed by atoms with Crippen molar-refractivity contribution in [3.05, 3.63) is 0 Å². The molecule has 0 saturated carbocycles. The summed E-state index contributed by atoms with van der Waals surface area (Å²) in [5, 5.41) is 9.15. The number of carbonyl (C=O) groups excluding carboxylic acids is 1. The van der Waals surface area contributed by atoms with E-state index in [-0.39, 0.29) is 24.2 Å². The van der Waals surface area contributed by atoms with Crippen LogP contribution in [0.1, 0.15) is 27.2 Å². The molecule has 84 valence electrons. The SMILES string of the molecule is COC(=O)CC(C)N(C)C(C)(C)CO. The summed E-state index contributed by atoms with van der Waals surface area (Å²) in [5.41, 5.74) is -0.312. The van der Waals surface area contributed by atoms with Crippen LogP contribution in [0.4, 0.5) is 0 Å². The number of likely N-dealkylation sites (N-methyl/N-ethyl adjacent to an activating group) is 1. The average molecular weight is 203 g/mol. The maximum absolute atomic E-state index is 11.0. The highest BCUT2D eigenvalue weighted by atomic mass is 16.5. The third-order valence-electron chi connectivity index (χ3n) is 2.69.